The number of aliphatic hydroxyl groups is 1. The number of rotatable bonds is 2. The third kappa shape index (κ3) is 2.02. The minimum absolute atomic E-state index is 0.0323. The number of hydrogen-bond donors (Lipinski definition) is 1. The average molecular weight is 183 g/mol. The molecule has 0 fully saturated rings. The molecule has 0 aliphatic carbocycles. The second-order valence-corrected chi connectivity index (χ2v) is 2.72. The molecule has 0 bridgehead atoms. The highest BCUT2D eigenvalue weighted by Gasteiger charge is 2.17. The standard InChI is InChI=1S/C9H13NO3/c1-3-10-6-7(9(12)13-2)4-5-8(10)11/h4-5,12H,3,6H2,1-2H3. The van der Waals surface area contributed by atoms with Gasteiger partial charge in [-0.2, -0.15) is 0 Å². The van der Waals surface area contributed by atoms with Crippen molar-refractivity contribution in [2.75, 3.05) is 20.2 Å². The second kappa shape index (κ2) is 3.98. The Hall–Kier alpha value is -1.45. The van der Waals surface area contributed by atoms with E-state index in [1.54, 1.807) is 11.0 Å². The Morgan fingerprint density at radius 1 is 1.69 bits per heavy atom. The van der Waals surface area contributed by atoms with Crippen LogP contribution >= 0.6 is 0 Å². The second-order valence-electron chi connectivity index (χ2n) is 2.72. The molecule has 4 heteroatoms. The van der Waals surface area contributed by atoms with Crippen molar-refractivity contribution in [3.05, 3.63) is 23.7 Å². The monoisotopic (exact) mass is 183 g/mol. The smallest absolute Gasteiger partial charge is 0.281 e. The van der Waals surface area contributed by atoms with Crippen molar-refractivity contribution in [2.45, 2.75) is 6.92 Å². The fourth-order valence-electron chi connectivity index (χ4n) is 1.15. The number of carbonyl (C=O) groups is 1. The molecule has 0 saturated heterocycles. The maximum absolute atomic E-state index is 11.2. The van der Waals surface area contributed by atoms with Crippen LogP contribution in [0.4, 0.5) is 0 Å². The maximum atomic E-state index is 11.2. The van der Waals surface area contributed by atoms with Gasteiger partial charge in [-0.05, 0) is 13.0 Å². The van der Waals surface area contributed by atoms with E-state index in [4.69, 9.17) is 0 Å². The van der Waals surface area contributed by atoms with Crippen molar-refractivity contribution in [1.29, 1.82) is 0 Å². The van der Waals surface area contributed by atoms with E-state index in [9.17, 15) is 9.90 Å². The summed E-state index contributed by atoms with van der Waals surface area (Å²) < 4.78 is 4.66. The highest BCUT2D eigenvalue weighted by molar-refractivity contribution is 5.89. The lowest BCUT2D eigenvalue weighted by Gasteiger charge is -2.23. The van der Waals surface area contributed by atoms with Gasteiger partial charge in [0, 0.05) is 12.6 Å². The van der Waals surface area contributed by atoms with Crippen molar-refractivity contribution in [3.8, 4) is 0 Å². The molecule has 1 rings (SSSR count). The summed E-state index contributed by atoms with van der Waals surface area (Å²) in [6, 6.07) is 0. The third-order valence-electron chi connectivity index (χ3n) is 1.95. The molecule has 0 aromatic heterocycles. The van der Waals surface area contributed by atoms with E-state index >= 15 is 0 Å². The molecule has 1 aliphatic heterocycles. The van der Waals surface area contributed by atoms with Crippen LogP contribution in [0.5, 0.6) is 0 Å². The summed E-state index contributed by atoms with van der Waals surface area (Å²) in [5.74, 6) is -0.155. The predicted octanol–water partition coefficient (Wildman–Crippen LogP) is 0.821. The molecule has 1 aliphatic rings. The minimum Gasteiger partial charge on any atom is -0.481 e. The normalized spacial score (nSPS) is 20.5. The van der Waals surface area contributed by atoms with Crippen LogP contribution in [0.15, 0.2) is 23.7 Å². The minimum atomic E-state index is -0.123. The lowest BCUT2D eigenvalue weighted by Crippen LogP contribution is -2.34. The lowest BCUT2D eigenvalue weighted by molar-refractivity contribution is -0.125. The van der Waals surface area contributed by atoms with Crippen molar-refractivity contribution >= 4 is 5.91 Å². The van der Waals surface area contributed by atoms with Crippen molar-refractivity contribution < 1.29 is 14.6 Å². The van der Waals surface area contributed by atoms with Crippen molar-refractivity contribution in [3.63, 3.8) is 0 Å². The van der Waals surface area contributed by atoms with Gasteiger partial charge in [0.1, 0.15) is 0 Å². The zero-order chi connectivity index (χ0) is 9.84. The quantitative estimate of drug-likeness (QED) is 0.645. The molecular formula is C9H13NO3. The Morgan fingerprint density at radius 2 is 2.38 bits per heavy atom. The first-order valence-electron chi connectivity index (χ1n) is 4.12. The number of hydrogen-bond acceptors (Lipinski definition) is 3. The Morgan fingerprint density at radius 3 is 2.92 bits per heavy atom. The molecule has 13 heavy (non-hydrogen) atoms. The van der Waals surface area contributed by atoms with Crippen LogP contribution < -0.4 is 0 Å². The Kier molecular flexibility index (Phi) is 2.95. The molecule has 0 radical (unpaired) electrons. The van der Waals surface area contributed by atoms with Crippen molar-refractivity contribution in [1.82, 2.24) is 4.90 Å². The topological polar surface area (TPSA) is 49.8 Å². The summed E-state index contributed by atoms with van der Waals surface area (Å²) in [5.41, 5.74) is 0.629. The van der Waals surface area contributed by atoms with Gasteiger partial charge in [-0.1, -0.05) is 0 Å². The molecule has 4 nitrogen and oxygen atoms in total. The Bertz CT molecular complexity index is 268. The van der Waals surface area contributed by atoms with Crippen molar-refractivity contribution in [2.24, 2.45) is 0 Å². The third-order valence-corrected chi connectivity index (χ3v) is 1.95. The van der Waals surface area contributed by atoms with Crippen LogP contribution in [0.2, 0.25) is 0 Å². The fraction of sp³-hybridized carbons (Fsp3) is 0.444. The number of nitrogens with zero attached hydrogens (tertiary/aromatic N) is 1. The van der Waals surface area contributed by atoms with Gasteiger partial charge in [-0.3, -0.25) is 4.79 Å². The van der Waals surface area contributed by atoms with Gasteiger partial charge in [0.05, 0.1) is 19.2 Å². The molecule has 1 N–H and O–H groups in total. The zero-order valence-corrected chi connectivity index (χ0v) is 7.78. The number of likely N-dealkylation sites (N-methyl/N-ethyl adjacent to an activating group) is 1. The van der Waals surface area contributed by atoms with E-state index in [0.717, 1.165) is 0 Å². The molecule has 0 aromatic rings. The highest BCUT2D eigenvalue weighted by atomic mass is 16.6. The largest absolute Gasteiger partial charge is 0.481 e. The number of ether oxygens (including phenoxy) is 1. The summed E-state index contributed by atoms with van der Waals surface area (Å²) >= 11 is 0. The van der Waals surface area contributed by atoms with Gasteiger partial charge in [0.25, 0.3) is 5.95 Å². The summed E-state index contributed by atoms with van der Waals surface area (Å²) in [6.45, 7) is 2.92. The van der Waals surface area contributed by atoms with E-state index in [0.29, 0.717) is 18.7 Å². The van der Waals surface area contributed by atoms with Crippen LogP contribution in [0.3, 0.4) is 0 Å². The first-order chi connectivity index (χ1) is 6.19. The molecule has 1 amide bonds. The summed E-state index contributed by atoms with van der Waals surface area (Å²) in [5, 5.41) is 9.25. The molecule has 0 aromatic carbocycles. The van der Waals surface area contributed by atoms with Crippen LogP contribution in [0.1, 0.15) is 6.92 Å². The SMILES string of the molecule is CCN1CC(=C(O)OC)C=CC1=O. The van der Waals surface area contributed by atoms with Crippen LogP contribution in [0.25, 0.3) is 0 Å². The summed E-state index contributed by atoms with van der Waals surface area (Å²) in [7, 11) is 1.39. The van der Waals surface area contributed by atoms with Crippen LogP contribution in [-0.2, 0) is 9.53 Å². The molecule has 0 spiro atoms. The van der Waals surface area contributed by atoms with Gasteiger partial charge < -0.3 is 14.7 Å². The summed E-state index contributed by atoms with van der Waals surface area (Å²) in [4.78, 5) is 12.8. The predicted molar refractivity (Wildman–Crippen MR) is 48.1 cm³/mol. The van der Waals surface area contributed by atoms with E-state index in [1.807, 2.05) is 6.92 Å². The average Bonchev–Trinajstić information content (AvgIpc) is 2.17. The van der Waals surface area contributed by atoms with Gasteiger partial charge in [0.15, 0.2) is 0 Å². The molecule has 0 saturated carbocycles. The van der Waals surface area contributed by atoms with E-state index in [1.165, 1.54) is 13.2 Å². The Labute approximate surface area is 77.1 Å². The number of amides is 1. The van der Waals surface area contributed by atoms with E-state index in [2.05, 4.69) is 4.74 Å². The molecule has 1 heterocycles. The van der Waals surface area contributed by atoms with Gasteiger partial charge in [-0.15, -0.1) is 0 Å². The lowest BCUT2D eigenvalue weighted by atomic mass is 10.1. The summed E-state index contributed by atoms with van der Waals surface area (Å²) in [6.07, 6.45) is 3.00. The highest BCUT2D eigenvalue weighted by Crippen LogP contribution is 2.12. The fourth-order valence-corrected chi connectivity index (χ4v) is 1.15. The Balaban J connectivity index is 2.85. The van der Waals surface area contributed by atoms with E-state index < -0.39 is 0 Å². The van der Waals surface area contributed by atoms with E-state index in [-0.39, 0.29) is 11.9 Å². The zero-order valence-electron chi connectivity index (χ0n) is 7.78. The van der Waals surface area contributed by atoms with Crippen LogP contribution in [-0.4, -0.2) is 36.1 Å². The maximum Gasteiger partial charge on any atom is 0.281 e. The van der Waals surface area contributed by atoms with Gasteiger partial charge in [0.2, 0.25) is 5.91 Å². The first-order valence-corrected chi connectivity index (χ1v) is 4.12. The van der Waals surface area contributed by atoms with Gasteiger partial charge >= 0.3 is 0 Å². The number of methoxy groups -OCH3 is 1. The molecule has 72 valence electrons. The number of carbonyl (C=O) groups excluding carboxylic acids is 1. The first kappa shape index (κ1) is 9.64. The number of aliphatic hydroxyl groups excluding tert-OH is 1. The molecule has 0 atom stereocenters. The van der Waals surface area contributed by atoms with Crippen LogP contribution in [0, 0.1) is 0 Å². The van der Waals surface area contributed by atoms with Gasteiger partial charge in [-0.25, -0.2) is 0 Å². The molecule has 0 unspecified atom stereocenters. The molecular weight excluding hydrogens is 170 g/mol.